The van der Waals surface area contributed by atoms with Gasteiger partial charge in [-0.1, -0.05) is 0 Å². The number of hydrogen-bond acceptors (Lipinski definition) is 3. The molecule has 0 aliphatic heterocycles. The van der Waals surface area contributed by atoms with E-state index < -0.39 is 0 Å². The van der Waals surface area contributed by atoms with Gasteiger partial charge in [0.2, 0.25) is 0 Å². The molecule has 4 nitrogen and oxygen atoms in total. The van der Waals surface area contributed by atoms with Crippen LogP contribution in [0.1, 0.15) is 0 Å². The van der Waals surface area contributed by atoms with Crippen LogP contribution in [0.25, 0.3) is 0 Å². The molecule has 0 unspecified atom stereocenters. The maximum absolute atomic E-state index is 4.23. The van der Waals surface area contributed by atoms with E-state index in [4.69, 9.17) is 0 Å². The Labute approximate surface area is 90.1 Å². The van der Waals surface area contributed by atoms with Gasteiger partial charge in [0, 0.05) is 30.2 Å². The van der Waals surface area contributed by atoms with Crippen LogP contribution >= 0.6 is 21.6 Å². The number of H-pyrrole nitrogens is 1. The Hall–Kier alpha value is -0.880. The van der Waals surface area contributed by atoms with Crippen molar-refractivity contribution in [2.45, 2.75) is 10.3 Å². The number of aromatic amines is 1. The summed E-state index contributed by atoms with van der Waals surface area (Å²) in [5, 5.41) is 2.11. The van der Waals surface area contributed by atoms with Crippen LogP contribution in [-0.2, 0) is 14.1 Å². The molecule has 0 radical (unpaired) electrons. The first-order valence-electron chi connectivity index (χ1n) is 4.12. The first-order chi connectivity index (χ1) is 6.77. The zero-order chi connectivity index (χ0) is 9.97. The van der Waals surface area contributed by atoms with Gasteiger partial charge in [-0.05, 0) is 10.8 Å². The number of aromatic nitrogens is 4. The number of nitrogens with one attached hydrogen (secondary N) is 1. The summed E-state index contributed by atoms with van der Waals surface area (Å²) < 4.78 is 4.04. The Morgan fingerprint density at radius 3 is 2.93 bits per heavy atom. The first kappa shape index (κ1) is 9.67. The molecule has 0 fully saturated rings. The fraction of sp³-hybridized carbons (Fsp3) is 0.250. The van der Waals surface area contributed by atoms with Crippen LogP contribution in [-0.4, -0.2) is 14.5 Å². The van der Waals surface area contributed by atoms with Gasteiger partial charge in [0.05, 0.1) is 7.05 Å². The fourth-order valence-corrected chi connectivity index (χ4v) is 3.15. The van der Waals surface area contributed by atoms with E-state index in [-0.39, 0.29) is 0 Å². The van der Waals surface area contributed by atoms with Gasteiger partial charge in [-0.2, -0.15) is 0 Å². The van der Waals surface area contributed by atoms with E-state index in [0.29, 0.717) is 0 Å². The molecule has 2 rings (SSSR count). The van der Waals surface area contributed by atoms with Crippen LogP contribution in [0.4, 0.5) is 0 Å². The number of imidazole rings is 2. The maximum Gasteiger partial charge on any atom is 0.326 e. The van der Waals surface area contributed by atoms with Crippen molar-refractivity contribution >= 4 is 21.6 Å². The minimum atomic E-state index is 1.00. The maximum atomic E-state index is 4.23. The molecule has 6 heteroatoms. The molecule has 0 saturated heterocycles. The summed E-state index contributed by atoms with van der Waals surface area (Å²) in [5.41, 5.74) is 0. The van der Waals surface area contributed by atoms with Gasteiger partial charge in [0.15, 0.2) is 5.16 Å². The zero-order valence-corrected chi connectivity index (χ0v) is 9.60. The molecule has 0 saturated carbocycles. The quantitative estimate of drug-likeness (QED) is 0.636. The molecule has 0 atom stereocenters. The van der Waals surface area contributed by atoms with Crippen molar-refractivity contribution < 1.29 is 4.57 Å². The molecule has 74 valence electrons. The Balaban J connectivity index is 2.02. The van der Waals surface area contributed by atoms with Crippen molar-refractivity contribution in [3.63, 3.8) is 0 Å². The minimum Gasteiger partial charge on any atom is -0.328 e. The summed E-state index contributed by atoms with van der Waals surface area (Å²) in [5.74, 6) is 0. The lowest BCUT2D eigenvalue weighted by atomic mass is 10.9. The molecule has 0 amide bonds. The topological polar surface area (TPSA) is 37.5 Å². The van der Waals surface area contributed by atoms with Gasteiger partial charge in [0.25, 0.3) is 0 Å². The third kappa shape index (κ3) is 1.96. The van der Waals surface area contributed by atoms with Gasteiger partial charge in [-0.25, -0.2) is 14.5 Å². The van der Waals surface area contributed by atoms with Crippen LogP contribution in [0, 0.1) is 0 Å². The highest BCUT2D eigenvalue weighted by atomic mass is 33.1. The minimum absolute atomic E-state index is 1.00. The summed E-state index contributed by atoms with van der Waals surface area (Å²) in [6.45, 7) is 0. The predicted octanol–water partition coefficient (Wildman–Crippen LogP) is 1.37. The highest BCUT2D eigenvalue weighted by Crippen LogP contribution is 2.32. The Bertz CT molecular complexity index is 380. The van der Waals surface area contributed by atoms with Crippen LogP contribution in [0.15, 0.2) is 35.1 Å². The van der Waals surface area contributed by atoms with Crippen molar-refractivity contribution in [3.8, 4) is 0 Å². The molecule has 2 aromatic rings. The standard InChI is InChI=1S/C8H10N4S2/c1-11-5-3-9-7(11)13-14-8-10-4-6-12(8)2/h3-6H,1-2H3/p+1. The zero-order valence-electron chi connectivity index (χ0n) is 7.97. The van der Waals surface area contributed by atoms with Crippen molar-refractivity contribution in [3.05, 3.63) is 24.8 Å². The summed E-state index contributed by atoms with van der Waals surface area (Å²) in [4.78, 5) is 7.38. The van der Waals surface area contributed by atoms with E-state index >= 15 is 0 Å². The van der Waals surface area contributed by atoms with E-state index in [0.717, 1.165) is 10.3 Å². The summed E-state index contributed by atoms with van der Waals surface area (Å²) >= 11 is 0. The predicted molar refractivity (Wildman–Crippen MR) is 56.9 cm³/mol. The molecule has 14 heavy (non-hydrogen) atoms. The van der Waals surface area contributed by atoms with Crippen LogP contribution in [0.5, 0.6) is 0 Å². The molecule has 2 heterocycles. The van der Waals surface area contributed by atoms with Crippen LogP contribution < -0.4 is 4.57 Å². The number of aryl methyl sites for hydroxylation is 2. The fourth-order valence-electron chi connectivity index (χ4n) is 0.982. The largest absolute Gasteiger partial charge is 0.328 e. The molecule has 0 bridgehead atoms. The second-order valence-electron chi connectivity index (χ2n) is 2.86. The molecule has 0 aliphatic rings. The van der Waals surface area contributed by atoms with Gasteiger partial charge in [0.1, 0.15) is 12.4 Å². The Kier molecular flexibility index (Phi) is 2.83. The van der Waals surface area contributed by atoms with Gasteiger partial charge in [-0.3, -0.25) is 0 Å². The lowest BCUT2D eigenvalue weighted by molar-refractivity contribution is -0.707. The van der Waals surface area contributed by atoms with Crippen molar-refractivity contribution in [2.24, 2.45) is 14.1 Å². The molecule has 0 aromatic carbocycles. The van der Waals surface area contributed by atoms with Crippen LogP contribution in [0.2, 0.25) is 0 Å². The number of rotatable bonds is 3. The molecule has 0 spiro atoms. The lowest BCUT2D eigenvalue weighted by Crippen LogP contribution is -2.26. The van der Waals surface area contributed by atoms with Crippen molar-refractivity contribution in [1.82, 2.24) is 14.5 Å². The molecule has 1 N–H and O–H groups in total. The smallest absolute Gasteiger partial charge is 0.326 e. The normalized spacial score (nSPS) is 10.7. The van der Waals surface area contributed by atoms with E-state index in [2.05, 4.69) is 9.97 Å². The Morgan fingerprint density at radius 2 is 2.36 bits per heavy atom. The summed E-state index contributed by atoms with van der Waals surface area (Å²) in [6, 6.07) is 0. The van der Waals surface area contributed by atoms with Crippen molar-refractivity contribution in [2.75, 3.05) is 0 Å². The third-order valence-electron chi connectivity index (χ3n) is 1.80. The van der Waals surface area contributed by atoms with Gasteiger partial charge < -0.3 is 4.57 Å². The third-order valence-corrected chi connectivity index (χ3v) is 4.16. The second-order valence-corrected chi connectivity index (χ2v) is 4.95. The Morgan fingerprint density at radius 1 is 1.50 bits per heavy atom. The van der Waals surface area contributed by atoms with Crippen molar-refractivity contribution in [1.29, 1.82) is 0 Å². The highest BCUT2D eigenvalue weighted by molar-refractivity contribution is 8.76. The number of nitrogens with zero attached hydrogens (tertiary/aromatic N) is 3. The second kappa shape index (κ2) is 4.10. The molecular weight excluding hydrogens is 216 g/mol. The van der Waals surface area contributed by atoms with E-state index in [1.165, 1.54) is 0 Å². The van der Waals surface area contributed by atoms with E-state index in [1.54, 1.807) is 27.8 Å². The van der Waals surface area contributed by atoms with Gasteiger partial charge >= 0.3 is 5.16 Å². The highest BCUT2D eigenvalue weighted by Gasteiger charge is 2.10. The SMILES string of the molecule is Cn1ccnc1SSc1[nH]cc[n+]1C. The average Bonchev–Trinajstić information content (AvgIpc) is 2.72. The lowest BCUT2D eigenvalue weighted by Gasteiger charge is -1.96. The molecular formula is C8H11N4S2+. The summed E-state index contributed by atoms with van der Waals surface area (Å²) in [7, 11) is 7.31. The summed E-state index contributed by atoms with van der Waals surface area (Å²) in [6.07, 6.45) is 7.65. The first-order valence-corrected chi connectivity index (χ1v) is 6.27. The number of hydrogen-bond donors (Lipinski definition) is 1. The van der Waals surface area contributed by atoms with E-state index in [9.17, 15) is 0 Å². The van der Waals surface area contributed by atoms with E-state index in [1.807, 2.05) is 41.8 Å². The van der Waals surface area contributed by atoms with Gasteiger partial charge in [-0.15, -0.1) is 0 Å². The monoisotopic (exact) mass is 227 g/mol. The molecule has 0 aliphatic carbocycles. The van der Waals surface area contributed by atoms with Crippen LogP contribution in [0.3, 0.4) is 0 Å². The molecule has 2 aromatic heterocycles. The average molecular weight is 227 g/mol.